The van der Waals surface area contributed by atoms with Gasteiger partial charge in [0.1, 0.15) is 0 Å². The van der Waals surface area contributed by atoms with Crippen LogP contribution in [0.4, 0.5) is 21.9 Å². The van der Waals surface area contributed by atoms with E-state index in [-0.39, 0.29) is 17.8 Å². The Kier molecular flexibility index (Phi) is 8.52. The summed E-state index contributed by atoms with van der Waals surface area (Å²) in [6, 6.07) is 15.8. The fourth-order valence-electron chi connectivity index (χ4n) is 2.53. The maximum absolute atomic E-state index is 12.0. The van der Waals surface area contributed by atoms with E-state index in [4.69, 9.17) is 0 Å². The second-order valence-corrected chi connectivity index (χ2v) is 6.36. The summed E-state index contributed by atoms with van der Waals surface area (Å²) in [6.45, 7) is 2.13. The minimum atomic E-state index is -0.331. The zero-order chi connectivity index (χ0) is 20.2. The fourth-order valence-corrected chi connectivity index (χ4v) is 2.53. The second kappa shape index (κ2) is 11.4. The summed E-state index contributed by atoms with van der Waals surface area (Å²) in [5, 5.41) is 11.0. The summed E-state index contributed by atoms with van der Waals surface area (Å²) >= 11 is 0. The van der Waals surface area contributed by atoms with Crippen LogP contribution in [0.1, 0.15) is 32.6 Å². The Labute approximate surface area is 164 Å². The van der Waals surface area contributed by atoms with Gasteiger partial charge in [-0.3, -0.25) is 9.59 Å². The molecule has 2 aromatic rings. The topological polar surface area (TPSA) is 99.3 Å². The summed E-state index contributed by atoms with van der Waals surface area (Å²) in [5.74, 6) is -0.0877. The summed E-state index contributed by atoms with van der Waals surface area (Å²) in [4.78, 5) is 34.7. The van der Waals surface area contributed by atoms with Gasteiger partial charge in [-0.1, -0.05) is 24.6 Å². The maximum atomic E-state index is 12.0. The normalized spacial score (nSPS) is 10.0. The molecule has 4 N–H and O–H groups in total. The van der Waals surface area contributed by atoms with Gasteiger partial charge in [0.2, 0.25) is 11.8 Å². The summed E-state index contributed by atoms with van der Waals surface area (Å²) < 4.78 is 0. The molecule has 28 heavy (non-hydrogen) atoms. The molecule has 7 nitrogen and oxygen atoms in total. The molecule has 0 aromatic heterocycles. The molecule has 0 atom stereocenters. The first kappa shape index (κ1) is 21.0. The fraction of sp³-hybridized carbons (Fsp3) is 0.286. The third-order valence-electron chi connectivity index (χ3n) is 3.91. The number of hydrogen-bond acceptors (Lipinski definition) is 3. The first-order valence-corrected chi connectivity index (χ1v) is 9.30. The van der Waals surface area contributed by atoms with Crippen molar-refractivity contribution in [3.63, 3.8) is 0 Å². The minimum Gasteiger partial charge on any atom is -0.356 e. The Morgan fingerprint density at radius 1 is 0.714 bits per heavy atom. The molecule has 0 radical (unpaired) electrons. The van der Waals surface area contributed by atoms with Crippen LogP contribution in [0.25, 0.3) is 0 Å². The number of urea groups is 1. The predicted octanol–water partition coefficient (Wildman–Crippen LogP) is 3.97. The van der Waals surface area contributed by atoms with Crippen LogP contribution in [-0.4, -0.2) is 24.4 Å². The van der Waals surface area contributed by atoms with Crippen molar-refractivity contribution in [3.8, 4) is 0 Å². The number of unbranched alkanes of at least 4 members (excludes halogenated alkanes) is 2. The standard InChI is InChI=1S/C21H26N4O3/c1-16(26)22-15-7-3-6-10-20(27)23-18-11-13-19(14-12-18)25-21(28)24-17-8-4-2-5-9-17/h2,4-5,8-9,11-14H,3,6-7,10,15H2,1H3,(H,22,26)(H,23,27)(H2,24,25,28). The molecular formula is C21H26N4O3. The van der Waals surface area contributed by atoms with Crippen molar-refractivity contribution in [2.75, 3.05) is 22.5 Å². The van der Waals surface area contributed by atoms with Gasteiger partial charge in [0.05, 0.1) is 0 Å². The third kappa shape index (κ3) is 8.35. The molecule has 0 saturated carbocycles. The van der Waals surface area contributed by atoms with Gasteiger partial charge in [-0.15, -0.1) is 0 Å². The molecule has 4 amide bonds. The summed E-state index contributed by atoms with van der Waals surface area (Å²) in [5.41, 5.74) is 2.02. The van der Waals surface area contributed by atoms with Gasteiger partial charge in [0.15, 0.2) is 0 Å². The van der Waals surface area contributed by atoms with Crippen LogP contribution in [-0.2, 0) is 9.59 Å². The van der Waals surface area contributed by atoms with Crippen molar-refractivity contribution in [2.45, 2.75) is 32.6 Å². The highest BCUT2D eigenvalue weighted by atomic mass is 16.2. The lowest BCUT2D eigenvalue weighted by Gasteiger charge is -2.09. The lowest BCUT2D eigenvalue weighted by atomic mass is 10.2. The molecule has 0 unspecified atom stereocenters. The van der Waals surface area contributed by atoms with Gasteiger partial charge in [-0.25, -0.2) is 4.79 Å². The van der Waals surface area contributed by atoms with Crippen molar-refractivity contribution in [1.82, 2.24) is 5.32 Å². The Bertz CT molecular complexity index is 776. The molecule has 0 heterocycles. The van der Waals surface area contributed by atoms with Crippen LogP contribution in [0.5, 0.6) is 0 Å². The predicted molar refractivity (Wildman–Crippen MR) is 111 cm³/mol. The Balaban J connectivity index is 1.68. The maximum Gasteiger partial charge on any atom is 0.323 e. The van der Waals surface area contributed by atoms with E-state index in [1.54, 1.807) is 36.4 Å². The number of hydrogen-bond donors (Lipinski definition) is 4. The molecule has 0 aliphatic carbocycles. The van der Waals surface area contributed by atoms with E-state index in [0.29, 0.717) is 30.0 Å². The highest BCUT2D eigenvalue weighted by molar-refractivity contribution is 6.00. The molecular weight excluding hydrogens is 356 g/mol. The van der Waals surface area contributed by atoms with E-state index in [2.05, 4.69) is 21.3 Å². The van der Waals surface area contributed by atoms with Crippen LogP contribution in [0, 0.1) is 0 Å². The highest BCUT2D eigenvalue weighted by Gasteiger charge is 2.05. The largest absolute Gasteiger partial charge is 0.356 e. The van der Waals surface area contributed by atoms with Gasteiger partial charge in [-0.05, 0) is 49.2 Å². The quantitative estimate of drug-likeness (QED) is 0.494. The van der Waals surface area contributed by atoms with Gasteiger partial charge in [0.25, 0.3) is 0 Å². The van der Waals surface area contributed by atoms with Crippen LogP contribution in [0.3, 0.4) is 0 Å². The van der Waals surface area contributed by atoms with Gasteiger partial charge in [-0.2, -0.15) is 0 Å². The van der Waals surface area contributed by atoms with Crippen molar-refractivity contribution >= 4 is 34.9 Å². The zero-order valence-corrected chi connectivity index (χ0v) is 16.0. The number of amides is 4. The first-order chi connectivity index (χ1) is 13.5. The number of benzene rings is 2. The molecule has 0 saturated heterocycles. The minimum absolute atomic E-state index is 0.0340. The summed E-state index contributed by atoms with van der Waals surface area (Å²) in [6.07, 6.45) is 2.94. The van der Waals surface area contributed by atoms with Crippen LogP contribution in [0.15, 0.2) is 54.6 Å². The zero-order valence-electron chi connectivity index (χ0n) is 16.0. The molecule has 0 bridgehead atoms. The highest BCUT2D eigenvalue weighted by Crippen LogP contribution is 2.15. The van der Waals surface area contributed by atoms with E-state index >= 15 is 0 Å². The van der Waals surface area contributed by atoms with Crippen LogP contribution >= 0.6 is 0 Å². The van der Waals surface area contributed by atoms with Gasteiger partial charge in [0, 0.05) is 37.0 Å². The first-order valence-electron chi connectivity index (χ1n) is 9.30. The number of nitrogens with one attached hydrogen (secondary N) is 4. The van der Waals surface area contributed by atoms with Crippen LogP contribution in [0.2, 0.25) is 0 Å². The number of carbonyl (C=O) groups excluding carboxylic acids is 3. The van der Waals surface area contributed by atoms with Crippen molar-refractivity contribution in [1.29, 1.82) is 0 Å². The average Bonchev–Trinajstić information content (AvgIpc) is 2.66. The second-order valence-electron chi connectivity index (χ2n) is 6.36. The molecule has 7 heteroatoms. The van der Waals surface area contributed by atoms with Gasteiger partial charge >= 0.3 is 6.03 Å². The Hall–Kier alpha value is -3.35. The number of carbonyl (C=O) groups is 3. The monoisotopic (exact) mass is 382 g/mol. The van der Waals surface area contributed by atoms with Crippen molar-refractivity contribution < 1.29 is 14.4 Å². The number of rotatable bonds is 9. The van der Waals surface area contributed by atoms with E-state index < -0.39 is 0 Å². The lowest BCUT2D eigenvalue weighted by molar-refractivity contribution is -0.119. The SMILES string of the molecule is CC(=O)NCCCCCC(=O)Nc1ccc(NC(=O)Nc2ccccc2)cc1. The molecule has 0 aliphatic rings. The van der Waals surface area contributed by atoms with Crippen molar-refractivity contribution in [2.24, 2.45) is 0 Å². The van der Waals surface area contributed by atoms with E-state index in [0.717, 1.165) is 19.3 Å². The number of para-hydroxylation sites is 1. The summed E-state index contributed by atoms with van der Waals surface area (Å²) in [7, 11) is 0. The molecule has 0 fully saturated rings. The smallest absolute Gasteiger partial charge is 0.323 e. The molecule has 148 valence electrons. The number of anilines is 3. The molecule has 2 rings (SSSR count). The molecule has 0 spiro atoms. The Morgan fingerprint density at radius 3 is 1.89 bits per heavy atom. The van der Waals surface area contributed by atoms with Crippen LogP contribution < -0.4 is 21.3 Å². The molecule has 0 aliphatic heterocycles. The lowest BCUT2D eigenvalue weighted by Crippen LogP contribution is -2.20. The molecule has 2 aromatic carbocycles. The van der Waals surface area contributed by atoms with E-state index in [9.17, 15) is 14.4 Å². The van der Waals surface area contributed by atoms with E-state index in [1.165, 1.54) is 6.92 Å². The van der Waals surface area contributed by atoms with Gasteiger partial charge < -0.3 is 21.3 Å². The average molecular weight is 382 g/mol. The third-order valence-corrected chi connectivity index (χ3v) is 3.91. The van der Waals surface area contributed by atoms with Crippen molar-refractivity contribution in [3.05, 3.63) is 54.6 Å². The Morgan fingerprint density at radius 2 is 1.29 bits per heavy atom. The van der Waals surface area contributed by atoms with E-state index in [1.807, 2.05) is 18.2 Å².